The summed E-state index contributed by atoms with van der Waals surface area (Å²) in [6.45, 7) is 1.87. The van der Waals surface area contributed by atoms with Crippen molar-refractivity contribution in [3.05, 3.63) is 35.2 Å². The zero-order chi connectivity index (χ0) is 12.5. The van der Waals surface area contributed by atoms with E-state index in [1.165, 1.54) is 24.2 Å². The van der Waals surface area contributed by atoms with Gasteiger partial charge >= 0.3 is 0 Å². The van der Waals surface area contributed by atoms with Crippen LogP contribution < -0.4 is 0 Å². The fraction of sp³-hybridized carbons (Fsp3) is 0.462. The summed E-state index contributed by atoms with van der Waals surface area (Å²) in [4.78, 5) is 13.2. The molecule has 0 unspecified atom stereocenters. The molecule has 5 nitrogen and oxygen atoms in total. The van der Waals surface area contributed by atoms with Crippen molar-refractivity contribution in [2.24, 2.45) is 0 Å². The Morgan fingerprint density at radius 2 is 2.11 bits per heavy atom. The standard InChI is InChI=1S/C13H16N4O/c1-9-10(7-18)6-14-13(16-9)17-8-15-11-4-2-3-5-12(11)17/h6,8,18H,2-5,7H2,1H3. The zero-order valence-electron chi connectivity index (χ0n) is 10.4. The Balaban J connectivity index is 2.04. The molecule has 2 aromatic rings. The van der Waals surface area contributed by atoms with Crippen molar-refractivity contribution in [3.63, 3.8) is 0 Å². The van der Waals surface area contributed by atoms with E-state index in [0.29, 0.717) is 5.95 Å². The maximum Gasteiger partial charge on any atom is 0.235 e. The van der Waals surface area contributed by atoms with Crippen LogP contribution in [0.1, 0.15) is 35.5 Å². The summed E-state index contributed by atoms with van der Waals surface area (Å²) in [5, 5.41) is 9.13. The third kappa shape index (κ3) is 1.80. The highest BCUT2D eigenvalue weighted by atomic mass is 16.3. The van der Waals surface area contributed by atoms with Gasteiger partial charge in [0, 0.05) is 23.1 Å². The first-order valence-corrected chi connectivity index (χ1v) is 6.28. The average molecular weight is 244 g/mol. The quantitative estimate of drug-likeness (QED) is 0.866. The van der Waals surface area contributed by atoms with Gasteiger partial charge < -0.3 is 5.11 Å². The van der Waals surface area contributed by atoms with Crippen molar-refractivity contribution >= 4 is 0 Å². The van der Waals surface area contributed by atoms with Crippen LogP contribution in [0.15, 0.2) is 12.5 Å². The summed E-state index contributed by atoms with van der Waals surface area (Å²) in [5.41, 5.74) is 4.00. The van der Waals surface area contributed by atoms with Crippen molar-refractivity contribution < 1.29 is 5.11 Å². The predicted molar refractivity (Wildman–Crippen MR) is 66.5 cm³/mol. The second-order valence-corrected chi connectivity index (χ2v) is 4.65. The summed E-state index contributed by atoms with van der Waals surface area (Å²) in [6.07, 6.45) is 8.01. The van der Waals surface area contributed by atoms with E-state index in [2.05, 4.69) is 15.0 Å². The molecule has 0 radical (unpaired) electrons. The van der Waals surface area contributed by atoms with Crippen molar-refractivity contribution in [2.45, 2.75) is 39.2 Å². The minimum absolute atomic E-state index is 0.0197. The maximum atomic E-state index is 9.13. The number of fused-ring (bicyclic) bond motifs is 1. The van der Waals surface area contributed by atoms with Crippen LogP contribution in [0.2, 0.25) is 0 Å². The summed E-state index contributed by atoms with van der Waals surface area (Å²) < 4.78 is 1.97. The SMILES string of the molecule is Cc1nc(-n2cnc3c2CCCC3)ncc1CO. The Bertz CT molecular complexity index is 576. The van der Waals surface area contributed by atoms with Crippen molar-refractivity contribution in [2.75, 3.05) is 0 Å². The van der Waals surface area contributed by atoms with Crippen LogP contribution in [0.3, 0.4) is 0 Å². The number of rotatable bonds is 2. The number of aliphatic hydroxyl groups excluding tert-OH is 1. The Morgan fingerprint density at radius 1 is 1.28 bits per heavy atom. The minimum Gasteiger partial charge on any atom is -0.392 e. The molecule has 5 heteroatoms. The van der Waals surface area contributed by atoms with E-state index in [-0.39, 0.29) is 6.61 Å². The van der Waals surface area contributed by atoms with E-state index < -0.39 is 0 Å². The molecule has 0 bridgehead atoms. The van der Waals surface area contributed by atoms with E-state index >= 15 is 0 Å². The largest absolute Gasteiger partial charge is 0.392 e. The number of aliphatic hydroxyl groups is 1. The lowest BCUT2D eigenvalue weighted by Crippen LogP contribution is -2.10. The number of aromatic nitrogens is 4. The highest BCUT2D eigenvalue weighted by Crippen LogP contribution is 2.21. The molecular formula is C13H16N4O. The molecular weight excluding hydrogens is 228 g/mol. The average Bonchev–Trinajstić information content (AvgIpc) is 2.82. The molecule has 18 heavy (non-hydrogen) atoms. The topological polar surface area (TPSA) is 63.8 Å². The molecule has 1 N–H and O–H groups in total. The van der Waals surface area contributed by atoms with E-state index in [1.807, 2.05) is 17.8 Å². The lowest BCUT2D eigenvalue weighted by Gasteiger charge is -2.13. The molecule has 0 atom stereocenters. The van der Waals surface area contributed by atoms with Gasteiger partial charge in [-0.25, -0.2) is 15.0 Å². The van der Waals surface area contributed by atoms with Gasteiger partial charge in [0.2, 0.25) is 5.95 Å². The smallest absolute Gasteiger partial charge is 0.235 e. The lowest BCUT2D eigenvalue weighted by atomic mass is 10.0. The van der Waals surface area contributed by atoms with E-state index in [1.54, 1.807) is 6.20 Å². The van der Waals surface area contributed by atoms with Gasteiger partial charge in [0.15, 0.2) is 0 Å². The monoisotopic (exact) mass is 244 g/mol. The molecule has 0 amide bonds. The normalized spacial score (nSPS) is 14.6. The second-order valence-electron chi connectivity index (χ2n) is 4.65. The molecule has 0 aromatic carbocycles. The molecule has 2 aromatic heterocycles. The van der Waals surface area contributed by atoms with Gasteiger partial charge in [0.25, 0.3) is 0 Å². The van der Waals surface area contributed by atoms with Crippen LogP contribution in [0, 0.1) is 6.92 Å². The minimum atomic E-state index is -0.0197. The molecule has 2 heterocycles. The van der Waals surface area contributed by atoms with Gasteiger partial charge in [-0.2, -0.15) is 0 Å². The number of hydrogen-bond acceptors (Lipinski definition) is 4. The molecule has 3 rings (SSSR count). The van der Waals surface area contributed by atoms with Crippen molar-refractivity contribution in [1.29, 1.82) is 0 Å². The van der Waals surface area contributed by atoms with Crippen LogP contribution >= 0.6 is 0 Å². The van der Waals surface area contributed by atoms with Gasteiger partial charge in [-0.15, -0.1) is 0 Å². The number of nitrogens with zero attached hydrogens (tertiary/aromatic N) is 4. The first-order chi connectivity index (χ1) is 8.79. The summed E-state index contributed by atoms with van der Waals surface area (Å²) >= 11 is 0. The van der Waals surface area contributed by atoms with Crippen LogP contribution in [0.4, 0.5) is 0 Å². The first-order valence-electron chi connectivity index (χ1n) is 6.28. The maximum absolute atomic E-state index is 9.13. The van der Waals surface area contributed by atoms with Crippen LogP contribution in [-0.2, 0) is 19.4 Å². The second kappa shape index (κ2) is 4.49. The Hall–Kier alpha value is -1.75. The van der Waals surface area contributed by atoms with Gasteiger partial charge in [0.1, 0.15) is 6.33 Å². The summed E-state index contributed by atoms with van der Waals surface area (Å²) in [7, 11) is 0. The van der Waals surface area contributed by atoms with Crippen molar-refractivity contribution in [1.82, 2.24) is 19.5 Å². The molecule has 0 spiro atoms. The highest BCUT2D eigenvalue weighted by molar-refractivity contribution is 5.27. The first kappa shape index (κ1) is 11.3. The molecule has 0 aliphatic heterocycles. The van der Waals surface area contributed by atoms with Crippen LogP contribution in [0.5, 0.6) is 0 Å². The van der Waals surface area contributed by atoms with E-state index in [9.17, 15) is 0 Å². The lowest BCUT2D eigenvalue weighted by molar-refractivity contribution is 0.280. The summed E-state index contributed by atoms with van der Waals surface area (Å²) in [6, 6.07) is 0. The Kier molecular flexibility index (Phi) is 2.83. The van der Waals surface area contributed by atoms with Crippen molar-refractivity contribution in [3.8, 4) is 5.95 Å². The molecule has 0 saturated heterocycles. The Labute approximate surface area is 106 Å². The molecule has 1 aliphatic carbocycles. The number of hydrogen-bond donors (Lipinski definition) is 1. The summed E-state index contributed by atoms with van der Waals surface area (Å²) in [5.74, 6) is 0.653. The Morgan fingerprint density at radius 3 is 2.89 bits per heavy atom. The zero-order valence-corrected chi connectivity index (χ0v) is 10.4. The number of aryl methyl sites for hydroxylation is 2. The molecule has 1 aliphatic rings. The third-order valence-corrected chi connectivity index (χ3v) is 3.48. The van der Waals surface area contributed by atoms with Gasteiger partial charge in [-0.05, 0) is 32.6 Å². The molecule has 94 valence electrons. The highest BCUT2D eigenvalue weighted by Gasteiger charge is 2.17. The van der Waals surface area contributed by atoms with Crippen LogP contribution in [-0.4, -0.2) is 24.6 Å². The van der Waals surface area contributed by atoms with E-state index in [4.69, 9.17) is 5.11 Å². The number of imidazole rings is 1. The van der Waals surface area contributed by atoms with Crippen LogP contribution in [0.25, 0.3) is 5.95 Å². The van der Waals surface area contributed by atoms with Gasteiger partial charge in [-0.1, -0.05) is 0 Å². The fourth-order valence-electron chi connectivity index (χ4n) is 2.39. The predicted octanol–water partition coefficient (Wildman–Crippen LogP) is 1.34. The van der Waals surface area contributed by atoms with Gasteiger partial charge in [0.05, 0.1) is 12.3 Å². The van der Waals surface area contributed by atoms with Gasteiger partial charge in [-0.3, -0.25) is 4.57 Å². The van der Waals surface area contributed by atoms with E-state index in [0.717, 1.165) is 24.1 Å². The molecule has 0 saturated carbocycles. The third-order valence-electron chi connectivity index (χ3n) is 3.48. The fourth-order valence-corrected chi connectivity index (χ4v) is 2.39. The molecule has 0 fully saturated rings.